The molecular formula is C25H20ClF2NO6. The lowest BCUT2D eigenvalue weighted by Crippen LogP contribution is -2.25. The summed E-state index contributed by atoms with van der Waals surface area (Å²) in [6, 6.07) is 12.7. The summed E-state index contributed by atoms with van der Waals surface area (Å²) < 4.78 is 43.0. The number of nitrogens with one attached hydrogen (secondary N) is 1. The second kappa shape index (κ2) is 10.6. The molecule has 35 heavy (non-hydrogen) atoms. The number of carbonyl (C=O) groups is 2. The van der Waals surface area contributed by atoms with E-state index in [1.807, 2.05) is 0 Å². The zero-order chi connectivity index (χ0) is 24.9. The molecule has 7 nitrogen and oxygen atoms in total. The van der Waals surface area contributed by atoms with Gasteiger partial charge in [-0.1, -0.05) is 17.7 Å². The molecule has 0 aromatic heterocycles. The highest BCUT2D eigenvalue weighted by molar-refractivity contribution is 6.32. The number of rotatable bonds is 7. The first kappa shape index (κ1) is 24.3. The van der Waals surface area contributed by atoms with Crippen LogP contribution in [0.5, 0.6) is 17.2 Å². The highest BCUT2D eigenvalue weighted by Crippen LogP contribution is 2.42. The molecule has 182 valence electrons. The third-order valence-corrected chi connectivity index (χ3v) is 5.63. The number of carboxylic acid groups (broad SMARTS) is 1. The Morgan fingerprint density at radius 1 is 1.11 bits per heavy atom. The van der Waals surface area contributed by atoms with Crippen LogP contribution in [-0.2, 0) is 11.2 Å². The molecule has 4 rings (SSSR count). The van der Waals surface area contributed by atoms with Crippen LogP contribution in [0, 0.1) is 11.6 Å². The summed E-state index contributed by atoms with van der Waals surface area (Å²) in [7, 11) is 0. The topological polar surface area (TPSA) is 94.1 Å². The molecule has 1 atom stereocenters. The fraction of sp³-hybridized carbons (Fsp3) is 0.200. The second-order valence-corrected chi connectivity index (χ2v) is 8.11. The van der Waals surface area contributed by atoms with Crippen LogP contribution >= 0.6 is 11.6 Å². The van der Waals surface area contributed by atoms with E-state index in [1.54, 1.807) is 36.4 Å². The van der Waals surface area contributed by atoms with Crippen LogP contribution in [0.4, 0.5) is 13.6 Å². The van der Waals surface area contributed by atoms with Crippen molar-refractivity contribution in [3.8, 4) is 17.2 Å². The molecule has 0 aliphatic carbocycles. The van der Waals surface area contributed by atoms with Crippen LogP contribution in [0.2, 0.25) is 5.02 Å². The number of halogens is 3. The molecule has 1 amide bonds. The molecule has 0 saturated carbocycles. The van der Waals surface area contributed by atoms with Crippen LogP contribution in [0.25, 0.3) is 0 Å². The van der Waals surface area contributed by atoms with Gasteiger partial charge in [-0.3, -0.25) is 4.79 Å². The van der Waals surface area contributed by atoms with Crippen molar-refractivity contribution in [1.29, 1.82) is 0 Å². The minimum atomic E-state index is -1.38. The summed E-state index contributed by atoms with van der Waals surface area (Å²) in [5.41, 5.74) is 1.19. The first-order valence-electron chi connectivity index (χ1n) is 10.7. The molecule has 0 radical (unpaired) electrons. The SMILES string of the molecule is O=C(O)OC1CCOc2cc(Oc3ccc(C(=O)NCCc4ccc(F)cc4F)cc3)c(Cl)cc21. The average molecular weight is 504 g/mol. The van der Waals surface area contributed by atoms with E-state index in [4.69, 9.17) is 30.9 Å². The van der Waals surface area contributed by atoms with Gasteiger partial charge in [-0.15, -0.1) is 0 Å². The zero-order valence-corrected chi connectivity index (χ0v) is 19.0. The highest BCUT2D eigenvalue weighted by Gasteiger charge is 2.27. The molecule has 0 bridgehead atoms. The maximum Gasteiger partial charge on any atom is 0.506 e. The zero-order valence-electron chi connectivity index (χ0n) is 18.2. The number of fused-ring (bicyclic) bond motifs is 1. The lowest BCUT2D eigenvalue weighted by atomic mass is 10.0. The Hall–Kier alpha value is -3.85. The summed E-state index contributed by atoms with van der Waals surface area (Å²) in [5, 5.41) is 11.8. The predicted octanol–water partition coefficient (Wildman–Crippen LogP) is 5.90. The quantitative estimate of drug-likeness (QED) is 0.390. The van der Waals surface area contributed by atoms with E-state index in [-0.39, 0.29) is 30.5 Å². The molecule has 1 heterocycles. The maximum atomic E-state index is 13.7. The predicted molar refractivity (Wildman–Crippen MR) is 122 cm³/mol. The van der Waals surface area contributed by atoms with Gasteiger partial charge in [-0.25, -0.2) is 13.6 Å². The smallest absolute Gasteiger partial charge is 0.493 e. The Morgan fingerprint density at radius 2 is 1.89 bits per heavy atom. The van der Waals surface area contributed by atoms with Gasteiger partial charge in [0.25, 0.3) is 5.91 Å². The van der Waals surface area contributed by atoms with Crippen molar-refractivity contribution >= 4 is 23.7 Å². The van der Waals surface area contributed by atoms with Crippen molar-refractivity contribution in [3.05, 3.63) is 87.9 Å². The first-order valence-corrected chi connectivity index (χ1v) is 11.0. The molecule has 3 aromatic carbocycles. The lowest BCUT2D eigenvalue weighted by molar-refractivity contribution is 0.0326. The first-order chi connectivity index (χ1) is 16.8. The van der Waals surface area contributed by atoms with Crippen LogP contribution in [0.3, 0.4) is 0 Å². The van der Waals surface area contributed by atoms with E-state index in [9.17, 15) is 18.4 Å². The minimum absolute atomic E-state index is 0.178. The lowest BCUT2D eigenvalue weighted by Gasteiger charge is -2.25. The van der Waals surface area contributed by atoms with Crippen LogP contribution in [0.15, 0.2) is 54.6 Å². The largest absolute Gasteiger partial charge is 0.506 e. The molecular weight excluding hydrogens is 484 g/mol. The van der Waals surface area contributed by atoms with Gasteiger partial charge in [0.1, 0.15) is 35.0 Å². The van der Waals surface area contributed by atoms with Crippen molar-refractivity contribution in [2.45, 2.75) is 18.9 Å². The molecule has 1 unspecified atom stereocenters. The minimum Gasteiger partial charge on any atom is -0.493 e. The third kappa shape index (κ3) is 5.99. The van der Waals surface area contributed by atoms with Gasteiger partial charge < -0.3 is 24.6 Å². The highest BCUT2D eigenvalue weighted by atomic mass is 35.5. The molecule has 1 aliphatic rings. The van der Waals surface area contributed by atoms with E-state index in [0.717, 1.165) is 6.07 Å². The van der Waals surface area contributed by atoms with Crippen molar-refractivity contribution in [1.82, 2.24) is 5.32 Å². The van der Waals surface area contributed by atoms with Crippen molar-refractivity contribution < 1.29 is 37.7 Å². The Labute approximate surface area is 204 Å². The molecule has 1 aliphatic heterocycles. The normalized spacial score (nSPS) is 14.4. The Bertz CT molecular complexity index is 1250. The van der Waals surface area contributed by atoms with E-state index >= 15 is 0 Å². The monoisotopic (exact) mass is 503 g/mol. The van der Waals surface area contributed by atoms with E-state index in [2.05, 4.69) is 5.32 Å². The Kier molecular flexibility index (Phi) is 7.36. The van der Waals surface area contributed by atoms with Crippen molar-refractivity contribution in [2.24, 2.45) is 0 Å². The summed E-state index contributed by atoms with van der Waals surface area (Å²) in [5.74, 6) is -0.555. The Morgan fingerprint density at radius 3 is 2.60 bits per heavy atom. The fourth-order valence-electron chi connectivity index (χ4n) is 3.62. The van der Waals surface area contributed by atoms with Crippen molar-refractivity contribution in [3.63, 3.8) is 0 Å². The van der Waals surface area contributed by atoms with Crippen LogP contribution < -0.4 is 14.8 Å². The molecule has 3 aromatic rings. The number of ether oxygens (including phenoxy) is 3. The van der Waals surface area contributed by atoms with E-state index < -0.39 is 23.9 Å². The van der Waals surface area contributed by atoms with Gasteiger partial charge in [0.15, 0.2) is 0 Å². The second-order valence-electron chi connectivity index (χ2n) is 7.70. The van der Waals surface area contributed by atoms with Gasteiger partial charge in [0.2, 0.25) is 0 Å². The molecule has 0 saturated heterocycles. The van der Waals surface area contributed by atoms with Crippen molar-refractivity contribution in [2.75, 3.05) is 13.2 Å². The summed E-state index contributed by atoms with van der Waals surface area (Å²) >= 11 is 6.33. The van der Waals surface area contributed by atoms with Crippen LogP contribution in [0.1, 0.15) is 34.0 Å². The van der Waals surface area contributed by atoms with E-state index in [1.165, 1.54) is 12.1 Å². The van der Waals surface area contributed by atoms with Gasteiger partial charge in [-0.05, 0) is 48.4 Å². The van der Waals surface area contributed by atoms with Gasteiger partial charge in [0, 0.05) is 36.2 Å². The summed E-state index contributed by atoms with van der Waals surface area (Å²) in [4.78, 5) is 23.3. The van der Waals surface area contributed by atoms with Gasteiger partial charge in [0.05, 0.1) is 11.6 Å². The number of carbonyl (C=O) groups excluding carboxylic acids is 1. The summed E-state index contributed by atoms with van der Waals surface area (Å²) in [6.45, 7) is 0.459. The molecule has 0 fully saturated rings. The summed E-state index contributed by atoms with van der Waals surface area (Å²) in [6.07, 6.45) is -1.47. The van der Waals surface area contributed by atoms with Crippen LogP contribution in [-0.4, -0.2) is 30.3 Å². The number of benzene rings is 3. The number of hydrogen-bond donors (Lipinski definition) is 2. The molecule has 10 heteroatoms. The maximum absolute atomic E-state index is 13.7. The molecule has 0 spiro atoms. The molecule has 2 N–H and O–H groups in total. The van der Waals surface area contributed by atoms with Gasteiger partial charge >= 0.3 is 6.16 Å². The number of hydrogen-bond acceptors (Lipinski definition) is 5. The average Bonchev–Trinajstić information content (AvgIpc) is 2.81. The fourth-order valence-corrected chi connectivity index (χ4v) is 3.83. The third-order valence-electron chi connectivity index (χ3n) is 5.33. The van der Waals surface area contributed by atoms with Gasteiger partial charge in [-0.2, -0.15) is 0 Å². The Balaban J connectivity index is 1.37. The standard InChI is InChI=1S/C25H20ClF2NO6/c26-19-12-18-21(35-25(31)32)8-10-33-22(18)13-23(19)34-17-5-2-15(3-6-17)24(30)29-9-7-14-1-4-16(27)11-20(14)28/h1-6,11-13,21H,7-10H2,(H,29,30)(H,31,32). The van der Waals surface area contributed by atoms with E-state index in [0.29, 0.717) is 40.4 Å². The number of amides is 1.